The van der Waals surface area contributed by atoms with E-state index in [2.05, 4.69) is 10.2 Å². The molecule has 0 aromatic heterocycles. The molecule has 4 heteroatoms. The molecular formula is C10H18N2O2. The molecule has 1 aliphatic heterocycles. The minimum absolute atomic E-state index is 0.0132. The summed E-state index contributed by atoms with van der Waals surface area (Å²) in [4.78, 5) is 13.3. The standard InChI is InChI=1S/C10H18N2O2/c1-2-3-10(13)11-4-5-12-6-8-14-9-7-12/h2-3H,4-9H2,1H3,(H,11,13)/b3-2+. The number of hydrogen-bond donors (Lipinski definition) is 1. The second-order valence-corrected chi connectivity index (χ2v) is 3.25. The van der Waals surface area contributed by atoms with Crippen molar-refractivity contribution in [3.63, 3.8) is 0 Å². The highest BCUT2D eigenvalue weighted by molar-refractivity contribution is 5.87. The van der Waals surface area contributed by atoms with E-state index in [9.17, 15) is 4.79 Å². The van der Waals surface area contributed by atoms with Crippen molar-refractivity contribution in [2.45, 2.75) is 6.92 Å². The van der Waals surface area contributed by atoms with Crippen LogP contribution in [-0.4, -0.2) is 50.2 Å². The number of amides is 1. The maximum atomic E-state index is 11.0. The Balaban J connectivity index is 2.05. The first kappa shape index (κ1) is 11.2. The lowest BCUT2D eigenvalue weighted by molar-refractivity contribution is -0.116. The van der Waals surface area contributed by atoms with Crippen LogP contribution in [0, 0.1) is 0 Å². The highest BCUT2D eigenvalue weighted by Crippen LogP contribution is 1.94. The lowest BCUT2D eigenvalue weighted by Gasteiger charge is -2.26. The van der Waals surface area contributed by atoms with Crippen molar-refractivity contribution in [1.82, 2.24) is 10.2 Å². The maximum Gasteiger partial charge on any atom is 0.243 e. The number of ether oxygens (including phenoxy) is 1. The van der Waals surface area contributed by atoms with Crippen molar-refractivity contribution in [3.05, 3.63) is 12.2 Å². The van der Waals surface area contributed by atoms with Gasteiger partial charge in [0.1, 0.15) is 0 Å². The first-order chi connectivity index (χ1) is 6.83. The Morgan fingerprint density at radius 2 is 2.21 bits per heavy atom. The summed E-state index contributed by atoms with van der Waals surface area (Å²) < 4.78 is 5.23. The number of rotatable bonds is 4. The summed E-state index contributed by atoms with van der Waals surface area (Å²) in [5, 5.41) is 2.82. The number of morpholine rings is 1. The Morgan fingerprint density at radius 3 is 2.86 bits per heavy atom. The average molecular weight is 198 g/mol. The molecule has 0 aliphatic carbocycles. The third-order valence-corrected chi connectivity index (χ3v) is 2.15. The number of allylic oxidation sites excluding steroid dienone is 1. The molecule has 1 N–H and O–H groups in total. The Bertz CT molecular complexity index is 198. The van der Waals surface area contributed by atoms with E-state index < -0.39 is 0 Å². The molecule has 0 unspecified atom stereocenters. The summed E-state index contributed by atoms with van der Waals surface area (Å²) in [6.07, 6.45) is 3.28. The zero-order chi connectivity index (χ0) is 10.2. The van der Waals surface area contributed by atoms with Crippen LogP contribution < -0.4 is 5.32 Å². The molecule has 1 rings (SSSR count). The Labute approximate surface area is 84.9 Å². The zero-order valence-corrected chi connectivity index (χ0v) is 8.66. The van der Waals surface area contributed by atoms with Gasteiger partial charge in [0.25, 0.3) is 0 Å². The van der Waals surface area contributed by atoms with Gasteiger partial charge in [0.05, 0.1) is 13.2 Å². The second-order valence-electron chi connectivity index (χ2n) is 3.25. The lowest BCUT2D eigenvalue weighted by Crippen LogP contribution is -2.41. The molecule has 4 nitrogen and oxygen atoms in total. The van der Waals surface area contributed by atoms with E-state index in [4.69, 9.17) is 4.74 Å². The van der Waals surface area contributed by atoms with E-state index in [1.54, 1.807) is 12.2 Å². The van der Waals surface area contributed by atoms with Gasteiger partial charge in [-0.3, -0.25) is 9.69 Å². The van der Waals surface area contributed by atoms with Gasteiger partial charge in [-0.25, -0.2) is 0 Å². The van der Waals surface area contributed by atoms with E-state index in [1.165, 1.54) is 0 Å². The minimum Gasteiger partial charge on any atom is -0.379 e. The number of nitrogens with one attached hydrogen (secondary N) is 1. The number of carbonyl (C=O) groups excluding carboxylic acids is 1. The molecule has 0 saturated carbocycles. The van der Waals surface area contributed by atoms with Crippen LogP contribution in [0.25, 0.3) is 0 Å². The summed E-state index contributed by atoms with van der Waals surface area (Å²) in [5.41, 5.74) is 0. The fourth-order valence-corrected chi connectivity index (χ4v) is 1.37. The first-order valence-electron chi connectivity index (χ1n) is 5.03. The molecule has 1 aliphatic rings. The topological polar surface area (TPSA) is 41.6 Å². The molecule has 0 bridgehead atoms. The van der Waals surface area contributed by atoms with Crippen LogP contribution in [0.5, 0.6) is 0 Å². The van der Waals surface area contributed by atoms with Gasteiger partial charge >= 0.3 is 0 Å². The molecule has 1 heterocycles. The maximum absolute atomic E-state index is 11.0. The predicted octanol–water partition coefficient (Wildman–Crippen LogP) is 0.0109. The third-order valence-electron chi connectivity index (χ3n) is 2.15. The van der Waals surface area contributed by atoms with Crippen molar-refractivity contribution < 1.29 is 9.53 Å². The molecule has 0 atom stereocenters. The van der Waals surface area contributed by atoms with Gasteiger partial charge in [-0.15, -0.1) is 0 Å². The fourth-order valence-electron chi connectivity index (χ4n) is 1.37. The second kappa shape index (κ2) is 6.56. The van der Waals surface area contributed by atoms with E-state index in [-0.39, 0.29) is 5.91 Å². The Morgan fingerprint density at radius 1 is 1.50 bits per heavy atom. The van der Waals surface area contributed by atoms with Gasteiger partial charge in [0.2, 0.25) is 5.91 Å². The smallest absolute Gasteiger partial charge is 0.243 e. The highest BCUT2D eigenvalue weighted by atomic mass is 16.5. The van der Waals surface area contributed by atoms with E-state index in [1.807, 2.05) is 6.92 Å². The molecule has 0 aromatic rings. The molecule has 0 aromatic carbocycles. The molecule has 0 spiro atoms. The number of hydrogen-bond acceptors (Lipinski definition) is 3. The van der Waals surface area contributed by atoms with Crippen molar-refractivity contribution >= 4 is 5.91 Å². The van der Waals surface area contributed by atoms with Crippen molar-refractivity contribution in [3.8, 4) is 0 Å². The van der Waals surface area contributed by atoms with E-state index in [0.29, 0.717) is 6.54 Å². The van der Waals surface area contributed by atoms with Gasteiger partial charge in [0, 0.05) is 26.2 Å². The summed E-state index contributed by atoms with van der Waals surface area (Å²) in [6.45, 7) is 7.02. The summed E-state index contributed by atoms with van der Waals surface area (Å²) >= 11 is 0. The summed E-state index contributed by atoms with van der Waals surface area (Å²) in [6, 6.07) is 0. The third kappa shape index (κ3) is 4.39. The molecule has 1 fully saturated rings. The molecule has 0 radical (unpaired) electrons. The molecular weight excluding hydrogens is 180 g/mol. The quantitative estimate of drug-likeness (QED) is 0.647. The minimum atomic E-state index is -0.0132. The number of carbonyl (C=O) groups is 1. The number of nitrogens with zero attached hydrogens (tertiary/aromatic N) is 1. The first-order valence-corrected chi connectivity index (χ1v) is 5.03. The van der Waals surface area contributed by atoms with Gasteiger partial charge in [0.15, 0.2) is 0 Å². The van der Waals surface area contributed by atoms with E-state index in [0.717, 1.165) is 32.8 Å². The van der Waals surface area contributed by atoms with Crippen LogP contribution in [0.3, 0.4) is 0 Å². The fraction of sp³-hybridized carbons (Fsp3) is 0.700. The molecule has 1 saturated heterocycles. The molecule has 14 heavy (non-hydrogen) atoms. The van der Waals surface area contributed by atoms with Gasteiger partial charge in [-0.1, -0.05) is 6.08 Å². The van der Waals surface area contributed by atoms with Crippen LogP contribution >= 0.6 is 0 Å². The highest BCUT2D eigenvalue weighted by Gasteiger charge is 2.09. The summed E-state index contributed by atoms with van der Waals surface area (Å²) in [7, 11) is 0. The van der Waals surface area contributed by atoms with Crippen LogP contribution in [0.1, 0.15) is 6.92 Å². The van der Waals surface area contributed by atoms with Crippen LogP contribution in [0.2, 0.25) is 0 Å². The zero-order valence-electron chi connectivity index (χ0n) is 8.66. The van der Waals surface area contributed by atoms with Gasteiger partial charge in [-0.2, -0.15) is 0 Å². The molecule has 1 amide bonds. The lowest BCUT2D eigenvalue weighted by atomic mass is 10.4. The van der Waals surface area contributed by atoms with Crippen molar-refractivity contribution in [1.29, 1.82) is 0 Å². The van der Waals surface area contributed by atoms with Gasteiger partial charge in [-0.05, 0) is 13.0 Å². The van der Waals surface area contributed by atoms with Crippen molar-refractivity contribution in [2.75, 3.05) is 39.4 Å². The van der Waals surface area contributed by atoms with Crippen LogP contribution in [0.15, 0.2) is 12.2 Å². The molecule has 80 valence electrons. The normalized spacial score (nSPS) is 18.6. The monoisotopic (exact) mass is 198 g/mol. The van der Waals surface area contributed by atoms with Crippen LogP contribution in [-0.2, 0) is 9.53 Å². The average Bonchev–Trinajstić information content (AvgIpc) is 2.20. The largest absolute Gasteiger partial charge is 0.379 e. The van der Waals surface area contributed by atoms with E-state index >= 15 is 0 Å². The predicted molar refractivity (Wildman–Crippen MR) is 55.1 cm³/mol. The van der Waals surface area contributed by atoms with Crippen molar-refractivity contribution in [2.24, 2.45) is 0 Å². The summed E-state index contributed by atoms with van der Waals surface area (Å²) in [5.74, 6) is -0.0132. The Hall–Kier alpha value is -0.870. The Kier molecular flexibility index (Phi) is 5.25. The van der Waals surface area contributed by atoms with Crippen LogP contribution in [0.4, 0.5) is 0 Å². The SMILES string of the molecule is C/C=C/C(=O)NCCN1CCOCC1. The van der Waals surface area contributed by atoms with Gasteiger partial charge < -0.3 is 10.1 Å².